The largest absolute Gasteiger partial charge is 0.393 e. The molecule has 1 heterocycles. The van der Waals surface area contributed by atoms with Gasteiger partial charge in [0.15, 0.2) is 0 Å². The van der Waals surface area contributed by atoms with Crippen LogP contribution in [0.2, 0.25) is 0 Å². The number of nitrogens with zero attached hydrogens (tertiary/aromatic N) is 4. The van der Waals surface area contributed by atoms with Crippen LogP contribution in [0.15, 0.2) is 48.5 Å². The van der Waals surface area contributed by atoms with Gasteiger partial charge in [0.1, 0.15) is 6.04 Å². The van der Waals surface area contributed by atoms with E-state index in [2.05, 4.69) is 81.8 Å². The van der Waals surface area contributed by atoms with Crippen molar-refractivity contribution in [2.75, 3.05) is 52.4 Å². The van der Waals surface area contributed by atoms with Gasteiger partial charge in [-0.05, 0) is 111 Å². The van der Waals surface area contributed by atoms with Crippen LogP contribution in [-0.2, 0) is 16.2 Å². The molecule has 0 spiro atoms. The molecule has 2 aromatic carbocycles. The Morgan fingerprint density at radius 2 is 1.52 bits per heavy atom. The van der Waals surface area contributed by atoms with E-state index in [-0.39, 0.29) is 29.9 Å². The molecule has 4 fully saturated rings. The Balaban J connectivity index is 1.28. The second-order valence-corrected chi connectivity index (χ2v) is 16.3. The summed E-state index contributed by atoms with van der Waals surface area (Å²) in [6, 6.07) is 15.8. The monoisotopic (exact) mass is 718 g/mol. The summed E-state index contributed by atoms with van der Waals surface area (Å²) in [5.41, 5.74) is 4.12. The molecule has 4 aliphatic rings. The third kappa shape index (κ3) is 8.76. The first-order chi connectivity index (χ1) is 24.8. The average molecular weight is 718 g/mol. The van der Waals surface area contributed by atoms with Gasteiger partial charge in [0.25, 0.3) is 5.91 Å². The third-order valence-electron chi connectivity index (χ3n) is 13.2. The fraction of sp³-hybridized carbons (Fsp3) is 0.674. The zero-order chi connectivity index (χ0) is 37.7. The highest BCUT2D eigenvalue weighted by Crippen LogP contribution is 2.61. The number of hydrogen-bond acceptors (Lipinski definition) is 7. The van der Waals surface area contributed by atoms with Crippen LogP contribution in [-0.4, -0.2) is 113 Å². The number of carbonyl (C=O) groups is 2. The van der Waals surface area contributed by atoms with Crippen LogP contribution in [0.4, 0.5) is 0 Å². The number of fused-ring (bicyclic) bond motifs is 2. The summed E-state index contributed by atoms with van der Waals surface area (Å²) < 4.78 is 0. The molecule has 3 saturated carbocycles. The molecule has 8 atom stereocenters. The predicted octanol–water partition coefficient (Wildman–Crippen LogP) is 6.17. The molecule has 2 aromatic rings. The summed E-state index contributed by atoms with van der Waals surface area (Å²) in [6.45, 7) is 26.9. The van der Waals surface area contributed by atoms with E-state index in [0.717, 1.165) is 62.4 Å². The van der Waals surface area contributed by atoms with Crippen molar-refractivity contribution in [2.45, 2.75) is 106 Å². The Bertz CT molecular complexity index is 1460. The lowest BCUT2D eigenvalue weighted by molar-refractivity contribution is -0.174. The number of benzene rings is 2. The Morgan fingerprint density at radius 3 is 2.06 bits per heavy atom. The molecule has 1 saturated heterocycles. The lowest BCUT2D eigenvalue weighted by Gasteiger charge is -2.62. The molecule has 6 rings (SSSR count). The SMILES string of the molecule is CCN(CC)CCN(CCN(CC)CC)C(=O)c1ccc(-c2cccc(CN3O[C@@H](C)[C@@H]([C@H](C)O)[C@H]3C(=O)N[C@H]3C[C@H]4C[C@@H]([C@@H]3C)C4(C)C)c2)cc1. The molecule has 288 valence electrons. The standard InChI is InChI=1S/C43H67N5O4/c1-10-45(11-2)21-23-47(24-22-46(12-3)13-4)42(51)34-19-17-33(18-20-34)35-16-14-15-32(25-35)28-48-40(39(30(6)49)31(7)52-48)41(50)44-38-27-36-26-37(29(38)5)43(36,8)9/h14-20,25,29-31,36-40,49H,10-13,21-24,26-28H2,1-9H3,(H,44,50)/t29-,30-,31-,36+,37-,38-,39+,40-/m0/s1. The summed E-state index contributed by atoms with van der Waals surface area (Å²) in [7, 11) is 0. The van der Waals surface area contributed by atoms with Gasteiger partial charge in [-0.25, -0.2) is 0 Å². The third-order valence-corrected chi connectivity index (χ3v) is 13.2. The number of hydroxylamine groups is 2. The number of rotatable bonds is 17. The van der Waals surface area contributed by atoms with Gasteiger partial charge in [-0.2, -0.15) is 5.06 Å². The quantitative estimate of drug-likeness (QED) is 0.203. The normalized spacial score (nSPS) is 27.4. The molecule has 2 bridgehead atoms. The molecule has 0 radical (unpaired) electrons. The van der Waals surface area contributed by atoms with E-state index in [4.69, 9.17) is 4.84 Å². The van der Waals surface area contributed by atoms with Crippen LogP contribution in [0.1, 0.15) is 91.1 Å². The molecule has 9 nitrogen and oxygen atoms in total. The summed E-state index contributed by atoms with van der Waals surface area (Å²) in [5, 5.41) is 16.0. The number of amides is 2. The molecule has 0 aromatic heterocycles. The first kappa shape index (κ1) is 40.4. The van der Waals surface area contributed by atoms with E-state index >= 15 is 0 Å². The molecule has 1 aliphatic heterocycles. The molecule has 9 heteroatoms. The van der Waals surface area contributed by atoms with Gasteiger partial charge >= 0.3 is 0 Å². The second-order valence-electron chi connectivity index (χ2n) is 16.3. The number of aliphatic hydroxyl groups is 1. The molecule has 52 heavy (non-hydrogen) atoms. The van der Waals surface area contributed by atoms with Crippen molar-refractivity contribution < 1.29 is 19.5 Å². The van der Waals surface area contributed by atoms with Crippen molar-refractivity contribution in [3.8, 4) is 11.1 Å². The minimum atomic E-state index is -0.690. The van der Waals surface area contributed by atoms with Gasteiger partial charge in [-0.1, -0.05) is 78.8 Å². The van der Waals surface area contributed by atoms with E-state index in [1.54, 1.807) is 12.0 Å². The van der Waals surface area contributed by atoms with E-state index in [9.17, 15) is 14.7 Å². The zero-order valence-electron chi connectivity index (χ0n) is 33.5. The van der Waals surface area contributed by atoms with Gasteiger partial charge in [0, 0.05) is 43.7 Å². The van der Waals surface area contributed by atoms with Crippen LogP contribution in [0.5, 0.6) is 0 Å². The number of nitrogens with one attached hydrogen (secondary N) is 1. The van der Waals surface area contributed by atoms with Gasteiger partial charge in [-0.15, -0.1) is 0 Å². The summed E-state index contributed by atoms with van der Waals surface area (Å²) in [5.74, 6) is 1.37. The smallest absolute Gasteiger partial charge is 0.253 e. The Kier molecular flexibility index (Phi) is 13.6. The summed E-state index contributed by atoms with van der Waals surface area (Å²) >= 11 is 0. The maximum absolute atomic E-state index is 14.1. The van der Waals surface area contributed by atoms with E-state index < -0.39 is 12.1 Å². The van der Waals surface area contributed by atoms with Crippen LogP contribution < -0.4 is 5.32 Å². The fourth-order valence-electron chi connectivity index (χ4n) is 9.44. The molecule has 2 N–H and O–H groups in total. The highest BCUT2D eigenvalue weighted by atomic mass is 16.7. The van der Waals surface area contributed by atoms with Crippen molar-refractivity contribution in [2.24, 2.45) is 29.1 Å². The molecular weight excluding hydrogens is 651 g/mol. The van der Waals surface area contributed by atoms with E-state index in [1.807, 2.05) is 42.2 Å². The Hall–Kier alpha value is -2.82. The van der Waals surface area contributed by atoms with Gasteiger partial charge in [0.05, 0.1) is 18.8 Å². The van der Waals surface area contributed by atoms with Crippen LogP contribution in [0, 0.1) is 29.1 Å². The van der Waals surface area contributed by atoms with Gasteiger partial charge in [0.2, 0.25) is 5.91 Å². The van der Waals surface area contributed by atoms with Crippen LogP contribution in [0.3, 0.4) is 0 Å². The van der Waals surface area contributed by atoms with Crippen molar-refractivity contribution in [1.82, 2.24) is 25.1 Å². The summed E-state index contributed by atoms with van der Waals surface area (Å²) in [4.78, 5) is 40.9. The maximum atomic E-state index is 14.1. The minimum absolute atomic E-state index is 0.0501. The highest BCUT2D eigenvalue weighted by Gasteiger charge is 2.57. The first-order valence-corrected chi connectivity index (χ1v) is 20.2. The van der Waals surface area contributed by atoms with E-state index in [1.165, 1.54) is 6.42 Å². The predicted molar refractivity (Wildman–Crippen MR) is 209 cm³/mol. The zero-order valence-corrected chi connectivity index (χ0v) is 33.5. The average Bonchev–Trinajstić information content (AvgIpc) is 3.47. The fourth-order valence-corrected chi connectivity index (χ4v) is 9.44. The number of carbonyl (C=O) groups excluding carboxylic acids is 2. The Labute approximate surface area is 314 Å². The molecular formula is C43H67N5O4. The van der Waals surface area contributed by atoms with Crippen LogP contribution in [0.25, 0.3) is 11.1 Å². The van der Waals surface area contributed by atoms with Gasteiger partial charge < -0.3 is 25.1 Å². The van der Waals surface area contributed by atoms with Crippen LogP contribution >= 0.6 is 0 Å². The minimum Gasteiger partial charge on any atom is -0.393 e. The number of aliphatic hydroxyl groups excluding tert-OH is 1. The number of hydrogen-bond donors (Lipinski definition) is 2. The lowest BCUT2D eigenvalue weighted by atomic mass is 9.45. The van der Waals surface area contributed by atoms with E-state index in [0.29, 0.717) is 48.4 Å². The summed E-state index contributed by atoms with van der Waals surface area (Å²) in [6.07, 6.45) is 1.29. The van der Waals surface area contributed by atoms with Crippen molar-refractivity contribution in [1.29, 1.82) is 0 Å². The van der Waals surface area contributed by atoms with Crippen molar-refractivity contribution in [3.63, 3.8) is 0 Å². The Morgan fingerprint density at radius 1 is 0.904 bits per heavy atom. The first-order valence-electron chi connectivity index (χ1n) is 20.2. The lowest BCUT2D eigenvalue weighted by Crippen LogP contribution is -2.62. The van der Waals surface area contributed by atoms with Crippen molar-refractivity contribution >= 4 is 11.8 Å². The molecule has 0 unspecified atom stereocenters. The molecule has 3 aliphatic carbocycles. The van der Waals surface area contributed by atoms with Gasteiger partial charge in [-0.3, -0.25) is 14.4 Å². The maximum Gasteiger partial charge on any atom is 0.253 e. The molecule has 2 amide bonds. The topological polar surface area (TPSA) is 88.6 Å². The number of likely N-dealkylation sites (N-methyl/N-ethyl adjacent to an activating group) is 2. The highest BCUT2D eigenvalue weighted by molar-refractivity contribution is 5.94. The second kappa shape index (κ2) is 17.5. The van der Waals surface area contributed by atoms with Crippen molar-refractivity contribution in [3.05, 3.63) is 59.7 Å².